The topological polar surface area (TPSA) is 4.93 Å². The van der Waals surface area contributed by atoms with Crippen LogP contribution in [0.5, 0.6) is 0 Å². The van der Waals surface area contributed by atoms with Gasteiger partial charge in [0.05, 0.1) is 11.0 Å². The second-order valence-corrected chi connectivity index (χ2v) is 6.03. The number of aryl methyl sites for hydroxylation is 1. The zero-order valence-corrected chi connectivity index (χ0v) is 13.0. The number of aromatic nitrogens is 1. The molecule has 4 rings (SSSR count). The molecule has 0 fully saturated rings. The Morgan fingerprint density at radius 3 is 1.90 bits per heavy atom. The Morgan fingerprint density at radius 1 is 0.762 bits per heavy atom. The van der Waals surface area contributed by atoms with Crippen molar-refractivity contribution in [3.63, 3.8) is 0 Å². The molecule has 0 aliphatic carbocycles. The predicted octanol–water partition coefficient (Wildman–Crippen LogP) is 4.59. The molecule has 1 atom stereocenters. The first kappa shape index (κ1) is 12.6. The first-order valence-corrected chi connectivity index (χ1v) is 7.68. The summed E-state index contributed by atoms with van der Waals surface area (Å²) in [7, 11) is 2.79. The van der Waals surface area contributed by atoms with Crippen molar-refractivity contribution < 1.29 is 0 Å². The number of hydrogen-bond donors (Lipinski definition) is 0. The highest BCUT2D eigenvalue weighted by atomic mass is 31.0. The molecule has 4 aromatic rings. The van der Waals surface area contributed by atoms with Crippen molar-refractivity contribution in [1.82, 2.24) is 4.57 Å². The standard InChI is InChI=1S/C19H16NP/c1-13-12-14(10-11-19(13)21)20-17-8-4-2-6-15(17)16-7-3-5-9-18(16)20/h2-12H,21H2,1H3. The monoisotopic (exact) mass is 289 g/mol. The van der Waals surface area contributed by atoms with Gasteiger partial charge in [0.15, 0.2) is 0 Å². The molecule has 0 aliphatic rings. The highest BCUT2D eigenvalue weighted by Crippen LogP contribution is 2.31. The van der Waals surface area contributed by atoms with Gasteiger partial charge >= 0.3 is 0 Å². The molecule has 1 heterocycles. The maximum Gasteiger partial charge on any atom is 0.0541 e. The lowest BCUT2D eigenvalue weighted by molar-refractivity contribution is 1.17. The van der Waals surface area contributed by atoms with Crippen LogP contribution in [0.1, 0.15) is 5.56 Å². The molecule has 0 bridgehead atoms. The van der Waals surface area contributed by atoms with Gasteiger partial charge in [0.25, 0.3) is 0 Å². The van der Waals surface area contributed by atoms with Crippen LogP contribution in [0.3, 0.4) is 0 Å². The van der Waals surface area contributed by atoms with Crippen LogP contribution in [-0.2, 0) is 0 Å². The van der Waals surface area contributed by atoms with E-state index < -0.39 is 0 Å². The smallest absolute Gasteiger partial charge is 0.0541 e. The third-order valence-corrected chi connectivity index (χ3v) is 4.74. The summed E-state index contributed by atoms with van der Waals surface area (Å²) in [5, 5.41) is 3.86. The number of para-hydroxylation sites is 2. The average molecular weight is 289 g/mol. The SMILES string of the molecule is Cc1cc(-n2c3ccccc3c3ccccc32)ccc1P. The van der Waals surface area contributed by atoms with Crippen molar-refractivity contribution in [3.05, 3.63) is 72.3 Å². The van der Waals surface area contributed by atoms with Crippen LogP contribution in [0.15, 0.2) is 66.7 Å². The van der Waals surface area contributed by atoms with Crippen LogP contribution >= 0.6 is 9.24 Å². The van der Waals surface area contributed by atoms with Gasteiger partial charge in [-0.1, -0.05) is 42.5 Å². The molecule has 102 valence electrons. The van der Waals surface area contributed by atoms with Crippen molar-refractivity contribution >= 4 is 36.4 Å². The van der Waals surface area contributed by atoms with E-state index in [1.54, 1.807) is 0 Å². The molecule has 2 heteroatoms. The van der Waals surface area contributed by atoms with E-state index in [-0.39, 0.29) is 0 Å². The summed E-state index contributed by atoms with van der Waals surface area (Å²) in [6, 6.07) is 23.8. The summed E-state index contributed by atoms with van der Waals surface area (Å²) in [6.07, 6.45) is 0. The molecule has 21 heavy (non-hydrogen) atoms. The molecule has 1 unspecified atom stereocenters. The summed E-state index contributed by atoms with van der Waals surface area (Å²) in [5.41, 5.74) is 5.03. The Balaban J connectivity index is 2.17. The number of nitrogens with zero attached hydrogens (tertiary/aromatic N) is 1. The van der Waals surface area contributed by atoms with Gasteiger partial charge in [0, 0.05) is 16.5 Å². The van der Waals surface area contributed by atoms with Gasteiger partial charge in [-0.05, 0) is 42.1 Å². The molecule has 0 spiro atoms. The zero-order chi connectivity index (χ0) is 14.4. The highest BCUT2D eigenvalue weighted by Gasteiger charge is 2.11. The lowest BCUT2D eigenvalue weighted by atomic mass is 10.2. The van der Waals surface area contributed by atoms with E-state index >= 15 is 0 Å². The van der Waals surface area contributed by atoms with E-state index in [4.69, 9.17) is 0 Å². The Bertz CT molecular complexity index is 913. The minimum absolute atomic E-state index is 1.22. The minimum Gasteiger partial charge on any atom is -0.309 e. The van der Waals surface area contributed by atoms with Crippen molar-refractivity contribution in [2.24, 2.45) is 0 Å². The fourth-order valence-corrected chi connectivity index (χ4v) is 3.18. The molecular weight excluding hydrogens is 273 g/mol. The van der Waals surface area contributed by atoms with Crippen LogP contribution in [0.25, 0.3) is 27.5 Å². The van der Waals surface area contributed by atoms with Gasteiger partial charge < -0.3 is 4.57 Å². The Hall–Kier alpha value is -2.11. The van der Waals surface area contributed by atoms with Crippen LogP contribution in [0.2, 0.25) is 0 Å². The largest absolute Gasteiger partial charge is 0.309 e. The first-order valence-electron chi connectivity index (χ1n) is 7.10. The van der Waals surface area contributed by atoms with E-state index in [0.717, 1.165) is 0 Å². The predicted molar refractivity (Wildman–Crippen MR) is 94.9 cm³/mol. The molecular formula is C19H16NP. The van der Waals surface area contributed by atoms with Crippen LogP contribution in [0, 0.1) is 6.92 Å². The Kier molecular flexibility index (Phi) is 2.83. The van der Waals surface area contributed by atoms with Crippen molar-refractivity contribution in [1.29, 1.82) is 0 Å². The third kappa shape index (κ3) is 1.89. The number of benzene rings is 3. The van der Waals surface area contributed by atoms with E-state index in [1.165, 1.54) is 38.4 Å². The lowest BCUT2D eigenvalue weighted by Crippen LogP contribution is -2.00. The summed E-state index contributed by atoms with van der Waals surface area (Å²) in [5.74, 6) is 0. The van der Waals surface area contributed by atoms with E-state index in [9.17, 15) is 0 Å². The van der Waals surface area contributed by atoms with Crippen LogP contribution in [-0.4, -0.2) is 4.57 Å². The van der Waals surface area contributed by atoms with E-state index in [1.807, 2.05) is 0 Å². The molecule has 0 radical (unpaired) electrons. The molecule has 0 aliphatic heterocycles. The van der Waals surface area contributed by atoms with E-state index in [0.29, 0.717) is 0 Å². The summed E-state index contributed by atoms with van der Waals surface area (Å²) < 4.78 is 2.35. The molecule has 0 saturated carbocycles. The van der Waals surface area contributed by atoms with Gasteiger partial charge in [-0.15, -0.1) is 9.24 Å². The van der Waals surface area contributed by atoms with Crippen molar-refractivity contribution in [3.8, 4) is 5.69 Å². The van der Waals surface area contributed by atoms with Gasteiger partial charge in [-0.2, -0.15) is 0 Å². The van der Waals surface area contributed by atoms with Gasteiger partial charge in [-0.25, -0.2) is 0 Å². The van der Waals surface area contributed by atoms with Crippen molar-refractivity contribution in [2.75, 3.05) is 0 Å². The summed E-state index contributed by atoms with van der Waals surface area (Å²) in [6.45, 7) is 2.15. The number of fused-ring (bicyclic) bond motifs is 3. The molecule has 1 aromatic heterocycles. The summed E-state index contributed by atoms with van der Waals surface area (Å²) in [4.78, 5) is 0. The third-order valence-electron chi connectivity index (χ3n) is 4.09. The maximum atomic E-state index is 2.79. The zero-order valence-electron chi connectivity index (χ0n) is 11.9. The summed E-state index contributed by atoms with van der Waals surface area (Å²) >= 11 is 0. The van der Waals surface area contributed by atoms with Gasteiger partial charge in [-0.3, -0.25) is 0 Å². The lowest BCUT2D eigenvalue weighted by Gasteiger charge is -2.10. The maximum absolute atomic E-state index is 2.79. The number of rotatable bonds is 1. The van der Waals surface area contributed by atoms with Crippen molar-refractivity contribution in [2.45, 2.75) is 6.92 Å². The first-order chi connectivity index (χ1) is 10.3. The molecule has 1 nitrogen and oxygen atoms in total. The normalized spacial score (nSPS) is 11.3. The van der Waals surface area contributed by atoms with Gasteiger partial charge in [0.1, 0.15) is 0 Å². The van der Waals surface area contributed by atoms with Gasteiger partial charge in [0.2, 0.25) is 0 Å². The molecule has 0 saturated heterocycles. The highest BCUT2D eigenvalue weighted by molar-refractivity contribution is 7.27. The second-order valence-electron chi connectivity index (χ2n) is 5.41. The Labute approximate surface area is 126 Å². The second kappa shape index (κ2) is 4.72. The fraction of sp³-hybridized carbons (Fsp3) is 0.0526. The molecule has 0 N–H and O–H groups in total. The van der Waals surface area contributed by atoms with Crippen LogP contribution in [0.4, 0.5) is 0 Å². The fourth-order valence-electron chi connectivity index (χ4n) is 3.00. The number of hydrogen-bond acceptors (Lipinski definition) is 0. The molecule has 3 aromatic carbocycles. The van der Waals surface area contributed by atoms with E-state index in [2.05, 4.69) is 87.5 Å². The minimum atomic E-state index is 1.22. The van der Waals surface area contributed by atoms with Crippen LogP contribution < -0.4 is 5.30 Å². The average Bonchev–Trinajstić information content (AvgIpc) is 2.85. The molecule has 0 amide bonds. The quantitative estimate of drug-likeness (QED) is 0.452. The Morgan fingerprint density at radius 2 is 1.33 bits per heavy atom.